The SMILES string of the molecule is CCCCCCCCN1C(=O)c2c(-c3ccc(C)s3)sc(-c3ccc(-c4cc5c(s4)-c4sccc4[Si]5(CCCCCCCC)CCCCCCCC)s3)c2C1=O. The molecule has 0 aromatic carbocycles. The molecule has 0 spiro atoms. The number of imide groups is 1. The van der Waals surface area contributed by atoms with E-state index in [4.69, 9.17) is 0 Å². The number of aryl methyl sites for hydroxylation is 1. The monoisotopic (exact) mass is 859 g/mol. The number of hydrogen-bond acceptors (Lipinski definition) is 7. The number of thiophene rings is 5. The summed E-state index contributed by atoms with van der Waals surface area (Å²) in [7, 11) is -1.88. The largest absolute Gasteiger partial charge is 0.274 e. The van der Waals surface area contributed by atoms with Gasteiger partial charge in [0.1, 0.15) is 8.07 Å². The fourth-order valence-corrected chi connectivity index (χ4v) is 21.8. The van der Waals surface area contributed by atoms with Crippen LogP contribution in [0, 0.1) is 6.92 Å². The molecule has 5 aromatic heterocycles. The first-order chi connectivity index (χ1) is 27.4. The Hall–Kier alpha value is -2.14. The molecule has 56 heavy (non-hydrogen) atoms. The van der Waals surface area contributed by atoms with Crippen molar-refractivity contribution in [3.8, 4) is 39.0 Å². The first-order valence-electron chi connectivity index (χ1n) is 21.8. The van der Waals surface area contributed by atoms with E-state index >= 15 is 0 Å². The maximum absolute atomic E-state index is 14.2. The van der Waals surface area contributed by atoms with E-state index in [1.54, 1.807) is 47.7 Å². The van der Waals surface area contributed by atoms with E-state index in [-0.39, 0.29) is 11.8 Å². The Morgan fingerprint density at radius 2 is 1.04 bits per heavy atom. The molecular formula is C47H61NO2S5Si. The summed E-state index contributed by atoms with van der Waals surface area (Å²) >= 11 is 9.16. The number of unbranched alkanes of at least 4 members (excludes halogenated alkanes) is 15. The Balaban J connectivity index is 1.18. The standard InChI is InChI=1S/C47H61NO2S5Si/c1-5-8-11-14-17-20-28-48-46(49)40-41(47(48)50)43(55-42(40)35-24-23-33(4)52-35)36-26-25-34(53-36)37-32-39-45(54-37)44-38(27-29-51-44)56(39,30-21-18-15-12-9-6-2)31-22-19-16-13-10-7-3/h23-27,29,32H,5-22,28,30-31H2,1-4H3. The molecule has 9 heteroatoms. The van der Waals surface area contributed by atoms with Crippen molar-refractivity contribution in [2.24, 2.45) is 0 Å². The van der Waals surface area contributed by atoms with Crippen LogP contribution >= 0.6 is 56.7 Å². The summed E-state index contributed by atoms with van der Waals surface area (Å²) < 4.78 is 0. The Morgan fingerprint density at radius 1 is 0.500 bits per heavy atom. The highest BCUT2D eigenvalue weighted by Crippen LogP contribution is 2.51. The lowest BCUT2D eigenvalue weighted by atomic mass is 10.1. The summed E-state index contributed by atoms with van der Waals surface area (Å²) in [4.78, 5) is 41.0. The molecule has 5 aromatic rings. The molecule has 2 amide bonds. The molecule has 0 bridgehead atoms. The van der Waals surface area contributed by atoms with Crippen molar-refractivity contribution in [2.75, 3.05) is 6.54 Å². The lowest BCUT2D eigenvalue weighted by molar-refractivity contribution is 0.0652. The van der Waals surface area contributed by atoms with Crippen molar-refractivity contribution < 1.29 is 9.59 Å². The zero-order chi connectivity index (χ0) is 39.1. The smallest absolute Gasteiger partial charge is 0.263 e. The summed E-state index contributed by atoms with van der Waals surface area (Å²) in [6.07, 6.45) is 23.0. The van der Waals surface area contributed by atoms with Crippen molar-refractivity contribution >= 4 is 86.9 Å². The van der Waals surface area contributed by atoms with Gasteiger partial charge in [-0.25, -0.2) is 0 Å². The average molecular weight is 860 g/mol. The van der Waals surface area contributed by atoms with Crippen LogP contribution < -0.4 is 10.4 Å². The first kappa shape index (κ1) is 42.0. The summed E-state index contributed by atoms with van der Waals surface area (Å²) in [5, 5.41) is 5.83. The number of nitrogens with zero attached hydrogens (tertiary/aromatic N) is 1. The highest BCUT2D eigenvalue weighted by molar-refractivity contribution is 7.32. The van der Waals surface area contributed by atoms with E-state index in [0.29, 0.717) is 17.7 Å². The van der Waals surface area contributed by atoms with Crippen LogP contribution in [0.25, 0.3) is 39.0 Å². The number of fused-ring (bicyclic) bond motifs is 4. The van der Waals surface area contributed by atoms with Crippen LogP contribution in [0.3, 0.4) is 0 Å². The van der Waals surface area contributed by atoms with Gasteiger partial charge in [-0.15, -0.1) is 56.7 Å². The third-order valence-corrected chi connectivity index (χ3v) is 23.8. The Kier molecular flexibility index (Phi) is 14.8. The minimum Gasteiger partial charge on any atom is -0.274 e. The Morgan fingerprint density at radius 3 is 1.62 bits per heavy atom. The molecule has 0 radical (unpaired) electrons. The van der Waals surface area contributed by atoms with Crippen LogP contribution in [0.5, 0.6) is 0 Å². The maximum Gasteiger partial charge on any atom is 0.263 e. The zero-order valence-electron chi connectivity index (χ0n) is 34.2. The zero-order valence-corrected chi connectivity index (χ0v) is 39.3. The number of hydrogen-bond donors (Lipinski definition) is 0. The molecular weight excluding hydrogens is 799 g/mol. The molecule has 0 atom stereocenters. The van der Waals surface area contributed by atoms with Gasteiger partial charge in [0.25, 0.3) is 11.8 Å². The van der Waals surface area contributed by atoms with E-state index in [1.807, 2.05) is 34.0 Å². The predicted molar refractivity (Wildman–Crippen MR) is 252 cm³/mol. The van der Waals surface area contributed by atoms with Crippen LogP contribution in [-0.4, -0.2) is 31.3 Å². The van der Waals surface area contributed by atoms with Crippen LogP contribution in [0.2, 0.25) is 12.1 Å². The molecule has 0 saturated heterocycles. The minimum atomic E-state index is -1.88. The fraction of sp³-hybridized carbons (Fsp3) is 0.532. The quantitative estimate of drug-likeness (QED) is 0.0352. The molecule has 0 fully saturated rings. The van der Waals surface area contributed by atoms with Crippen molar-refractivity contribution in [3.05, 3.63) is 57.8 Å². The van der Waals surface area contributed by atoms with Gasteiger partial charge in [0.15, 0.2) is 0 Å². The third-order valence-electron chi connectivity index (χ3n) is 12.1. The topological polar surface area (TPSA) is 37.4 Å². The van der Waals surface area contributed by atoms with Crippen LogP contribution in [0.1, 0.15) is 162 Å². The van der Waals surface area contributed by atoms with Gasteiger partial charge in [0, 0.05) is 40.7 Å². The average Bonchev–Trinajstić information content (AvgIpc) is 4.06. The second-order valence-corrected chi connectivity index (χ2v) is 25.9. The van der Waals surface area contributed by atoms with Gasteiger partial charge in [-0.2, -0.15) is 0 Å². The molecule has 2 aliphatic heterocycles. The summed E-state index contributed by atoms with van der Waals surface area (Å²) in [5.74, 6) is -0.197. The summed E-state index contributed by atoms with van der Waals surface area (Å²) in [6, 6.07) is 16.7. The van der Waals surface area contributed by atoms with E-state index in [9.17, 15) is 9.59 Å². The Bertz CT molecular complexity index is 2060. The number of amides is 2. The Labute approximate surface area is 357 Å². The van der Waals surface area contributed by atoms with E-state index in [1.165, 1.54) is 123 Å². The van der Waals surface area contributed by atoms with E-state index in [0.717, 1.165) is 38.8 Å². The lowest BCUT2D eigenvalue weighted by Crippen LogP contribution is -2.54. The van der Waals surface area contributed by atoms with Crippen molar-refractivity contribution in [1.82, 2.24) is 4.90 Å². The summed E-state index contributed by atoms with van der Waals surface area (Å²) in [5.41, 5.74) is 1.28. The van der Waals surface area contributed by atoms with Crippen molar-refractivity contribution in [3.63, 3.8) is 0 Å². The molecule has 300 valence electrons. The summed E-state index contributed by atoms with van der Waals surface area (Å²) in [6.45, 7) is 9.48. The number of carbonyl (C=O) groups is 2. The maximum atomic E-state index is 14.2. The van der Waals surface area contributed by atoms with Crippen LogP contribution in [0.4, 0.5) is 0 Å². The second kappa shape index (κ2) is 19.7. The van der Waals surface area contributed by atoms with E-state index in [2.05, 4.69) is 69.5 Å². The van der Waals surface area contributed by atoms with Gasteiger partial charge in [-0.1, -0.05) is 136 Å². The van der Waals surface area contributed by atoms with Gasteiger partial charge in [0.2, 0.25) is 0 Å². The van der Waals surface area contributed by atoms with Gasteiger partial charge >= 0.3 is 0 Å². The molecule has 3 nitrogen and oxygen atoms in total. The predicted octanol–water partition coefficient (Wildman–Crippen LogP) is 15.5. The normalized spacial score (nSPS) is 14.3. The molecule has 0 aliphatic carbocycles. The fourth-order valence-electron chi connectivity index (χ4n) is 9.07. The van der Waals surface area contributed by atoms with Gasteiger partial charge in [-0.05, 0) is 71.5 Å². The molecule has 7 heterocycles. The van der Waals surface area contributed by atoms with E-state index < -0.39 is 8.07 Å². The molecule has 0 saturated carbocycles. The van der Waals surface area contributed by atoms with Crippen molar-refractivity contribution in [1.29, 1.82) is 0 Å². The number of carbonyl (C=O) groups excluding carboxylic acids is 2. The molecule has 7 rings (SSSR count). The second-order valence-electron chi connectivity index (χ2n) is 16.2. The van der Waals surface area contributed by atoms with Gasteiger partial charge < -0.3 is 0 Å². The minimum absolute atomic E-state index is 0.0974. The van der Waals surface area contributed by atoms with Crippen LogP contribution in [0.15, 0.2) is 41.8 Å². The molecule has 2 aliphatic rings. The highest BCUT2D eigenvalue weighted by Gasteiger charge is 2.47. The molecule has 0 N–H and O–H groups in total. The van der Waals surface area contributed by atoms with Crippen LogP contribution in [-0.2, 0) is 0 Å². The first-order valence-corrected chi connectivity index (χ1v) is 28.4. The van der Waals surface area contributed by atoms with Gasteiger partial charge in [0.05, 0.1) is 20.9 Å². The molecule has 0 unspecified atom stereocenters. The van der Waals surface area contributed by atoms with Gasteiger partial charge in [-0.3, -0.25) is 14.5 Å². The number of rotatable bonds is 24. The highest BCUT2D eigenvalue weighted by atomic mass is 32.1. The lowest BCUT2D eigenvalue weighted by Gasteiger charge is -2.29. The van der Waals surface area contributed by atoms with Crippen molar-refractivity contribution in [2.45, 2.75) is 155 Å². The third kappa shape index (κ3) is 8.74.